The molecule has 0 saturated heterocycles. The third kappa shape index (κ3) is 6.06. The van der Waals surface area contributed by atoms with Gasteiger partial charge >= 0.3 is 5.97 Å². The number of rotatable bonds is 10. The Balaban J connectivity index is 1.64. The van der Waals surface area contributed by atoms with Gasteiger partial charge < -0.3 is 4.74 Å². The molecule has 3 aromatic carbocycles. The van der Waals surface area contributed by atoms with Crippen LogP contribution in [0.5, 0.6) is 5.75 Å². The van der Waals surface area contributed by atoms with Crippen LogP contribution in [-0.2, 0) is 12.8 Å². The maximum atomic E-state index is 12.5. The SMILES string of the molecule is CCCCCc1ccc(OC(=O)c2ccc(-c3ccccc3CCCC)cc2)cc1. The number of hydrogen-bond donors (Lipinski definition) is 0. The topological polar surface area (TPSA) is 26.3 Å². The summed E-state index contributed by atoms with van der Waals surface area (Å²) in [6.45, 7) is 4.42. The second-order valence-corrected chi connectivity index (χ2v) is 7.83. The molecule has 0 fully saturated rings. The van der Waals surface area contributed by atoms with E-state index in [1.165, 1.54) is 48.8 Å². The summed E-state index contributed by atoms with van der Waals surface area (Å²) in [7, 11) is 0. The van der Waals surface area contributed by atoms with Crippen LogP contribution in [0.1, 0.15) is 67.4 Å². The van der Waals surface area contributed by atoms with E-state index in [1.807, 2.05) is 36.4 Å². The minimum absolute atomic E-state index is 0.320. The van der Waals surface area contributed by atoms with Crippen molar-refractivity contribution in [2.45, 2.75) is 58.8 Å². The van der Waals surface area contributed by atoms with Crippen molar-refractivity contribution in [3.63, 3.8) is 0 Å². The quantitative estimate of drug-likeness (QED) is 0.198. The molecule has 0 atom stereocenters. The number of carbonyl (C=O) groups excluding carboxylic acids is 1. The van der Waals surface area contributed by atoms with Gasteiger partial charge in [0.1, 0.15) is 5.75 Å². The van der Waals surface area contributed by atoms with Crippen molar-refractivity contribution in [1.82, 2.24) is 0 Å². The van der Waals surface area contributed by atoms with Gasteiger partial charge in [0.25, 0.3) is 0 Å². The standard InChI is InChI=1S/C28H32O2/c1-3-5-7-10-22-14-20-26(21-15-22)30-28(29)25-18-16-24(17-19-25)27-13-9-8-12-23(27)11-6-4-2/h8-9,12-21H,3-7,10-11H2,1-2H3. The molecule has 0 aliphatic rings. The van der Waals surface area contributed by atoms with Crippen molar-refractivity contribution in [1.29, 1.82) is 0 Å². The largest absolute Gasteiger partial charge is 0.423 e. The van der Waals surface area contributed by atoms with Gasteiger partial charge in [0, 0.05) is 0 Å². The number of unbranched alkanes of at least 4 members (excludes halogenated alkanes) is 3. The first-order chi connectivity index (χ1) is 14.7. The Bertz CT molecular complexity index is 924. The molecule has 0 aliphatic heterocycles. The number of aryl methyl sites for hydroxylation is 2. The van der Waals surface area contributed by atoms with Gasteiger partial charge in [-0.05, 0) is 72.2 Å². The van der Waals surface area contributed by atoms with E-state index in [4.69, 9.17) is 4.74 Å². The molecular weight excluding hydrogens is 368 g/mol. The first-order valence-electron chi connectivity index (χ1n) is 11.2. The molecule has 0 spiro atoms. The third-order valence-electron chi connectivity index (χ3n) is 5.45. The molecular formula is C28H32O2. The summed E-state index contributed by atoms with van der Waals surface area (Å²) >= 11 is 0. The Labute approximate surface area is 180 Å². The van der Waals surface area contributed by atoms with Crippen LogP contribution < -0.4 is 4.74 Å². The van der Waals surface area contributed by atoms with Crippen LogP contribution >= 0.6 is 0 Å². The highest BCUT2D eigenvalue weighted by molar-refractivity contribution is 5.91. The van der Waals surface area contributed by atoms with Crippen molar-refractivity contribution in [3.05, 3.63) is 89.5 Å². The highest BCUT2D eigenvalue weighted by Gasteiger charge is 2.10. The summed E-state index contributed by atoms with van der Waals surface area (Å²) in [5.41, 5.74) is 5.58. The number of esters is 1. The van der Waals surface area contributed by atoms with E-state index in [0.717, 1.165) is 18.4 Å². The maximum Gasteiger partial charge on any atom is 0.343 e. The molecule has 2 heteroatoms. The molecule has 0 bridgehead atoms. The van der Waals surface area contributed by atoms with Crippen molar-refractivity contribution in [2.75, 3.05) is 0 Å². The number of ether oxygens (including phenoxy) is 1. The van der Waals surface area contributed by atoms with Crippen molar-refractivity contribution in [2.24, 2.45) is 0 Å². The first kappa shape index (κ1) is 21.8. The van der Waals surface area contributed by atoms with Crippen molar-refractivity contribution in [3.8, 4) is 16.9 Å². The average molecular weight is 401 g/mol. The molecule has 0 amide bonds. The Morgan fingerprint density at radius 3 is 2.13 bits per heavy atom. The molecule has 3 aromatic rings. The highest BCUT2D eigenvalue weighted by Crippen LogP contribution is 2.26. The summed E-state index contributed by atoms with van der Waals surface area (Å²) in [5, 5.41) is 0. The van der Waals surface area contributed by atoms with Crippen LogP contribution in [0.15, 0.2) is 72.8 Å². The average Bonchev–Trinajstić information content (AvgIpc) is 2.79. The fraction of sp³-hybridized carbons (Fsp3) is 0.321. The first-order valence-corrected chi connectivity index (χ1v) is 11.2. The molecule has 0 unspecified atom stereocenters. The van der Waals surface area contributed by atoms with Gasteiger partial charge in [0.05, 0.1) is 5.56 Å². The molecule has 30 heavy (non-hydrogen) atoms. The Morgan fingerprint density at radius 2 is 1.43 bits per heavy atom. The van der Waals surface area contributed by atoms with E-state index in [1.54, 1.807) is 0 Å². The molecule has 156 valence electrons. The van der Waals surface area contributed by atoms with Crippen LogP contribution in [0.25, 0.3) is 11.1 Å². The van der Waals surface area contributed by atoms with Gasteiger partial charge in [-0.3, -0.25) is 0 Å². The van der Waals surface area contributed by atoms with Gasteiger partial charge in [-0.25, -0.2) is 4.79 Å². The Kier molecular flexibility index (Phi) is 8.26. The molecule has 0 aliphatic carbocycles. The molecule has 0 aromatic heterocycles. The zero-order valence-electron chi connectivity index (χ0n) is 18.2. The van der Waals surface area contributed by atoms with E-state index in [2.05, 4.69) is 50.2 Å². The number of benzene rings is 3. The molecule has 0 heterocycles. The van der Waals surface area contributed by atoms with Crippen molar-refractivity contribution < 1.29 is 9.53 Å². The minimum Gasteiger partial charge on any atom is -0.423 e. The van der Waals surface area contributed by atoms with Crippen LogP contribution in [0.3, 0.4) is 0 Å². The lowest BCUT2D eigenvalue weighted by molar-refractivity contribution is 0.0734. The lowest BCUT2D eigenvalue weighted by Crippen LogP contribution is -2.08. The fourth-order valence-corrected chi connectivity index (χ4v) is 3.64. The lowest BCUT2D eigenvalue weighted by atomic mass is 9.95. The maximum absolute atomic E-state index is 12.5. The summed E-state index contributed by atoms with van der Waals surface area (Å²) in [6.07, 6.45) is 8.17. The predicted molar refractivity (Wildman–Crippen MR) is 125 cm³/mol. The Morgan fingerprint density at radius 1 is 0.733 bits per heavy atom. The van der Waals surface area contributed by atoms with E-state index in [9.17, 15) is 4.79 Å². The van der Waals surface area contributed by atoms with Crippen LogP contribution in [0.2, 0.25) is 0 Å². The monoisotopic (exact) mass is 400 g/mol. The molecule has 3 rings (SSSR count). The van der Waals surface area contributed by atoms with Crippen LogP contribution in [0, 0.1) is 0 Å². The van der Waals surface area contributed by atoms with Crippen molar-refractivity contribution >= 4 is 5.97 Å². The molecule has 0 radical (unpaired) electrons. The second kappa shape index (κ2) is 11.3. The van der Waals surface area contributed by atoms with E-state index in [0.29, 0.717) is 11.3 Å². The zero-order valence-corrected chi connectivity index (χ0v) is 18.2. The molecule has 0 saturated carbocycles. The predicted octanol–water partition coefficient (Wildman–Crippen LogP) is 7.65. The minimum atomic E-state index is -0.320. The molecule has 2 nitrogen and oxygen atoms in total. The number of hydrogen-bond acceptors (Lipinski definition) is 2. The summed E-state index contributed by atoms with van der Waals surface area (Å²) in [4.78, 5) is 12.5. The van der Waals surface area contributed by atoms with E-state index in [-0.39, 0.29) is 5.97 Å². The molecule has 0 N–H and O–H groups in total. The van der Waals surface area contributed by atoms with Gasteiger partial charge in [0.15, 0.2) is 0 Å². The van der Waals surface area contributed by atoms with Gasteiger partial charge in [0.2, 0.25) is 0 Å². The normalized spacial score (nSPS) is 10.7. The zero-order chi connectivity index (χ0) is 21.2. The second-order valence-electron chi connectivity index (χ2n) is 7.83. The van der Waals surface area contributed by atoms with E-state index < -0.39 is 0 Å². The smallest absolute Gasteiger partial charge is 0.343 e. The fourth-order valence-electron chi connectivity index (χ4n) is 3.64. The lowest BCUT2D eigenvalue weighted by Gasteiger charge is -2.10. The van der Waals surface area contributed by atoms with Gasteiger partial charge in [-0.2, -0.15) is 0 Å². The van der Waals surface area contributed by atoms with Crippen LogP contribution in [0.4, 0.5) is 0 Å². The Hall–Kier alpha value is -2.87. The summed E-state index contributed by atoms with van der Waals surface area (Å²) in [5.74, 6) is 0.271. The third-order valence-corrected chi connectivity index (χ3v) is 5.45. The van der Waals surface area contributed by atoms with E-state index >= 15 is 0 Å². The van der Waals surface area contributed by atoms with Crippen LogP contribution in [-0.4, -0.2) is 5.97 Å². The summed E-state index contributed by atoms with van der Waals surface area (Å²) < 4.78 is 5.56. The summed E-state index contributed by atoms with van der Waals surface area (Å²) in [6, 6.07) is 24.1. The highest BCUT2D eigenvalue weighted by atomic mass is 16.5. The number of carbonyl (C=O) groups is 1. The van der Waals surface area contributed by atoms with Gasteiger partial charge in [-0.15, -0.1) is 0 Å². The van der Waals surface area contributed by atoms with Gasteiger partial charge in [-0.1, -0.05) is 81.6 Å².